The van der Waals surface area contributed by atoms with Gasteiger partial charge in [0.15, 0.2) is 0 Å². The van der Waals surface area contributed by atoms with E-state index in [4.69, 9.17) is 4.74 Å². The molecule has 1 aromatic carbocycles. The minimum absolute atomic E-state index is 0.0351. The maximum atomic E-state index is 13.6. The van der Waals surface area contributed by atoms with Crippen LogP contribution in [0.5, 0.6) is 0 Å². The monoisotopic (exact) mass is 506 g/mol. The summed E-state index contributed by atoms with van der Waals surface area (Å²) in [4.78, 5) is 27.8. The summed E-state index contributed by atoms with van der Waals surface area (Å²) < 4.78 is 46.3. The quantitative estimate of drug-likeness (QED) is 0.462. The molecule has 4 rings (SSSR count). The number of piperidine rings is 1. The Morgan fingerprint density at radius 1 is 1.11 bits per heavy atom. The van der Waals surface area contributed by atoms with E-state index < -0.39 is 29.8 Å². The smallest absolute Gasteiger partial charge is 0.444 e. The van der Waals surface area contributed by atoms with Crippen molar-refractivity contribution < 1.29 is 27.5 Å². The zero-order valence-corrected chi connectivity index (χ0v) is 21.6. The molecule has 2 atom stereocenters. The van der Waals surface area contributed by atoms with Gasteiger partial charge in [0.2, 0.25) is 0 Å². The fourth-order valence-corrected chi connectivity index (χ4v) is 5.89. The van der Waals surface area contributed by atoms with Crippen LogP contribution in [-0.4, -0.2) is 58.8 Å². The van der Waals surface area contributed by atoms with Gasteiger partial charge >= 0.3 is 18.2 Å². The van der Waals surface area contributed by atoms with Crippen molar-refractivity contribution in [1.29, 1.82) is 0 Å². The van der Waals surface area contributed by atoms with E-state index >= 15 is 0 Å². The van der Waals surface area contributed by atoms with Gasteiger partial charge in [-0.3, -0.25) is 4.79 Å². The number of carbonyl (C=O) groups is 2. The fraction of sp³-hybridized carbons (Fsp3) is 0.643. The molecule has 2 amide bonds. The number of benzene rings is 1. The van der Waals surface area contributed by atoms with Gasteiger partial charge in [-0.15, -0.1) is 0 Å². The van der Waals surface area contributed by atoms with Crippen LogP contribution in [0.3, 0.4) is 0 Å². The molecule has 8 heteroatoms. The summed E-state index contributed by atoms with van der Waals surface area (Å²) in [7, 11) is 0. The number of halogens is 3. The molecule has 36 heavy (non-hydrogen) atoms. The van der Waals surface area contributed by atoms with E-state index in [0.29, 0.717) is 32.4 Å². The molecular weight excluding hydrogens is 469 g/mol. The van der Waals surface area contributed by atoms with Crippen molar-refractivity contribution in [2.24, 2.45) is 11.3 Å². The molecule has 1 saturated heterocycles. The third-order valence-electron chi connectivity index (χ3n) is 7.83. The Bertz CT molecular complexity index is 984. The molecule has 1 heterocycles. The highest BCUT2D eigenvalue weighted by molar-refractivity contribution is 5.83. The van der Waals surface area contributed by atoms with E-state index in [9.17, 15) is 22.8 Å². The Kier molecular flexibility index (Phi) is 7.19. The molecule has 1 spiro atoms. The molecule has 0 bridgehead atoms. The molecule has 1 aliphatic heterocycles. The second-order valence-electron chi connectivity index (χ2n) is 11.6. The molecule has 3 fully saturated rings. The second-order valence-corrected chi connectivity index (χ2v) is 11.6. The number of hydrogen-bond acceptors (Lipinski definition) is 3. The summed E-state index contributed by atoms with van der Waals surface area (Å²) in [6, 6.07) is 8.94. The zero-order valence-electron chi connectivity index (χ0n) is 21.6. The van der Waals surface area contributed by atoms with Gasteiger partial charge in [0.1, 0.15) is 5.60 Å². The predicted octanol–water partition coefficient (Wildman–Crippen LogP) is 6.44. The van der Waals surface area contributed by atoms with Gasteiger partial charge in [-0.2, -0.15) is 13.2 Å². The van der Waals surface area contributed by atoms with Crippen LogP contribution in [0, 0.1) is 11.3 Å². The first kappa shape index (κ1) is 26.6. The number of alkyl halides is 3. The molecule has 1 aromatic rings. The molecule has 0 radical (unpaired) electrons. The summed E-state index contributed by atoms with van der Waals surface area (Å²) in [6.07, 6.45) is 0.691. The van der Waals surface area contributed by atoms with Crippen molar-refractivity contribution >= 4 is 18.1 Å². The Balaban J connectivity index is 1.41. The SMILES string of the molecule is CCC(=Cc1ccccc1)C1CC1N(C(=O)C(F)(F)F)C1CC2(CCN(C(=O)OC(C)(C)C)CC2)C1. The van der Waals surface area contributed by atoms with Crippen molar-refractivity contribution in [3.63, 3.8) is 0 Å². The third kappa shape index (κ3) is 5.89. The fourth-order valence-electron chi connectivity index (χ4n) is 5.89. The number of amides is 2. The highest BCUT2D eigenvalue weighted by Crippen LogP contribution is 2.55. The average molecular weight is 507 g/mol. The number of rotatable bonds is 5. The standard InChI is InChI=1S/C28H37F3N2O3/c1-5-20(15-19-9-7-6-8-10-19)22-16-23(22)33(24(34)28(29,30)31)21-17-27(18-21)11-13-32(14-12-27)25(35)36-26(2,3)4/h6-10,15,21-23H,5,11-14,16-18H2,1-4H3. The van der Waals surface area contributed by atoms with E-state index in [1.807, 2.05) is 58.0 Å². The summed E-state index contributed by atoms with van der Waals surface area (Å²) in [5.74, 6) is -1.75. The molecule has 3 aliphatic rings. The highest BCUT2D eigenvalue weighted by Gasteiger charge is 2.59. The van der Waals surface area contributed by atoms with Crippen LogP contribution in [0.2, 0.25) is 0 Å². The van der Waals surface area contributed by atoms with Gasteiger partial charge < -0.3 is 14.5 Å². The molecule has 198 valence electrons. The van der Waals surface area contributed by atoms with Crippen LogP contribution in [0.4, 0.5) is 18.0 Å². The van der Waals surface area contributed by atoms with E-state index in [-0.39, 0.29) is 17.4 Å². The van der Waals surface area contributed by atoms with E-state index in [1.54, 1.807) is 4.90 Å². The maximum Gasteiger partial charge on any atom is 0.471 e. The average Bonchev–Trinajstić information content (AvgIpc) is 3.56. The predicted molar refractivity (Wildman–Crippen MR) is 132 cm³/mol. The first-order chi connectivity index (χ1) is 16.8. The number of nitrogens with zero attached hydrogens (tertiary/aromatic N) is 2. The number of ether oxygens (including phenoxy) is 1. The van der Waals surface area contributed by atoms with Crippen molar-refractivity contribution in [1.82, 2.24) is 9.80 Å². The molecule has 2 unspecified atom stereocenters. The summed E-state index contributed by atoms with van der Waals surface area (Å²) in [5.41, 5.74) is 1.43. The number of carbonyl (C=O) groups excluding carboxylic acids is 2. The summed E-state index contributed by atoms with van der Waals surface area (Å²) in [5, 5.41) is 0. The maximum absolute atomic E-state index is 13.6. The van der Waals surface area contributed by atoms with Gasteiger partial charge in [-0.1, -0.05) is 48.9 Å². The normalized spacial score (nSPS) is 24.3. The van der Waals surface area contributed by atoms with Gasteiger partial charge in [-0.25, -0.2) is 4.79 Å². The number of likely N-dealkylation sites (tertiary alicyclic amines) is 1. The van der Waals surface area contributed by atoms with Crippen LogP contribution in [0.25, 0.3) is 6.08 Å². The molecule has 5 nitrogen and oxygen atoms in total. The van der Waals surface area contributed by atoms with Crippen LogP contribution in [-0.2, 0) is 9.53 Å². The van der Waals surface area contributed by atoms with Crippen LogP contribution in [0.1, 0.15) is 71.8 Å². The Labute approximate surface area is 211 Å². The lowest BCUT2D eigenvalue weighted by molar-refractivity contribution is -0.194. The van der Waals surface area contributed by atoms with Crippen molar-refractivity contribution in [3.05, 3.63) is 41.5 Å². The van der Waals surface area contributed by atoms with Gasteiger partial charge in [0, 0.05) is 31.1 Å². The summed E-state index contributed by atoms with van der Waals surface area (Å²) in [6.45, 7) is 8.54. The topological polar surface area (TPSA) is 49.9 Å². The lowest BCUT2D eigenvalue weighted by Crippen LogP contribution is -2.59. The van der Waals surface area contributed by atoms with Crippen LogP contribution >= 0.6 is 0 Å². The molecule has 0 aromatic heterocycles. The lowest BCUT2D eigenvalue weighted by Gasteiger charge is -2.55. The third-order valence-corrected chi connectivity index (χ3v) is 7.83. The minimum Gasteiger partial charge on any atom is -0.444 e. The molecular formula is C28H37F3N2O3. The van der Waals surface area contributed by atoms with Crippen LogP contribution in [0.15, 0.2) is 35.9 Å². The number of hydrogen-bond donors (Lipinski definition) is 0. The van der Waals surface area contributed by atoms with E-state index in [1.165, 1.54) is 0 Å². The van der Waals surface area contributed by atoms with Gasteiger partial charge in [-0.05, 0) is 70.3 Å². The Morgan fingerprint density at radius 3 is 2.25 bits per heavy atom. The van der Waals surface area contributed by atoms with E-state index in [2.05, 4.69) is 6.08 Å². The van der Waals surface area contributed by atoms with E-state index in [0.717, 1.165) is 35.3 Å². The first-order valence-corrected chi connectivity index (χ1v) is 12.9. The first-order valence-electron chi connectivity index (χ1n) is 12.9. The Hall–Kier alpha value is -2.51. The molecule has 0 N–H and O–H groups in total. The lowest BCUT2D eigenvalue weighted by atomic mass is 9.60. The molecule has 2 saturated carbocycles. The van der Waals surface area contributed by atoms with Crippen molar-refractivity contribution in [2.75, 3.05) is 13.1 Å². The zero-order chi connectivity index (χ0) is 26.3. The Morgan fingerprint density at radius 2 is 1.72 bits per heavy atom. The largest absolute Gasteiger partial charge is 0.471 e. The van der Waals surface area contributed by atoms with Crippen molar-refractivity contribution in [3.8, 4) is 0 Å². The van der Waals surface area contributed by atoms with Crippen molar-refractivity contribution in [2.45, 2.75) is 90.1 Å². The minimum atomic E-state index is -4.88. The van der Waals surface area contributed by atoms with Gasteiger partial charge in [0.25, 0.3) is 0 Å². The summed E-state index contributed by atoms with van der Waals surface area (Å²) >= 11 is 0. The highest BCUT2D eigenvalue weighted by atomic mass is 19.4. The van der Waals surface area contributed by atoms with Gasteiger partial charge in [0.05, 0.1) is 0 Å². The molecule has 2 aliphatic carbocycles. The second kappa shape index (κ2) is 9.75. The van der Waals surface area contributed by atoms with Crippen LogP contribution < -0.4 is 0 Å².